The van der Waals surface area contributed by atoms with E-state index in [1.807, 2.05) is 0 Å². The van der Waals surface area contributed by atoms with E-state index in [4.69, 9.17) is 5.11 Å². The van der Waals surface area contributed by atoms with Gasteiger partial charge in [0, 0.05) is 11.8 Å². The lowest BCUT2D eigenvalue weighted by molar-refractivity contribution is 0.0865. The first-order valence-corrected chi connectivity index (χ1v) is 4.98. The fraction of sp³-hybridized carbons (Fsp3) is 0.455. The number of aliphatic hydroxyl groups excluding tert-OH is 1. The van der Waals surface area contributed by atoms with Gasteiger partial charge in [-0.15, -0.1) is 0 Å². The van der Waals surface area contributed by atoms with Crippen LogP contribution in [-0.4, -0.2) is 33.9 Å². The fourth-order valence-electron chi connectivity index (χ4n) is 1.14. The molecule has 0 saturated heterocycles. The first-order valence-electron chi connectivity index (χ1n) is 4.98. The predicted molar refractivity (Wildman–Crippen MR) is 59.4 cm³/mol. The van der Waals surface area contributed by atoms with Gasteiger partial charge in [0.2, 0.25) is 0 Å². The van der Waals surface area contributed by atoms with Crippen LogP contribution in [0.5, 0.6) is 0 Å². The molecule has 1 aromatic rings. The summed E-state index contributed by atoms with van der Waals surface area (Å²) in [5, 5.41) is 11.6. The van der Waals surface area contributed by atoms with Gasteiger partial charge in [-0.25, -0.2) is 0 Å². The minimum absolute atomic E-state index is 0.100. The molecule has 0 bridgehead atoms. The largest absolute Gasteiger partial charge is 0.394 e. The SMILES string of the molecule is CC(=O)c1c[nH]c(C(=O)NC(C)(C)CO)c1. The van der Waals surface area contributed by atoms with Crippen LogP contribution in [0, 0.1) is 0 Å². The van der Waals surface area contributed by atoms with Gasteiger partial charge in [-0.1, -0.05) is 0 Å². The molecule has 0 unspecified atom stereocenters. The van der Waals surface area contributed by atoms with Crippen molar-refractivity contribution in [3.05, 3.63) is 23.5 Å². The zero-order valence-electron chi connectivity index (χ0n) is 9.63. The molecule has 5 heteroatoms. The van der Waals surface area contributed by atoms with Crippen molar-refractivity contribution in [3.63, 3.8) is 0 Å². The summed E-state index contributed by atoms with van der Waals surface area (Å²) in [5.41, 5.74) is 0.0946. The minimum Gasteiger partial charge on any atom is -0.394 e. The maximum absolute atomic E-state index is 11.7. The maximum Gasteiger partial charge on any atom is 0.268 e. The molecule has 0 spiro atoms. The molecular weight excluding hydrogens is 208 g/mol. The summed E-state index contributed by atoms with van der Waals surface area (Å²) < 4.78 is 0. The van der Waals surface area contributed by atoms with E-state index in [0.29, 0.717) is 11.3 Å². The van der Waals surface area contributed by atoms with Gasteiger partial charge in [-0.05, 0) is 26.8 Å². The Balaban J connectivity index is 2.77. The smallest absolute Gasteiger partial charge is 0.268 e. The highest BCUT2D eigenvalue weighted by molar-refractivity contribution is 5.99. The summed E-state index contributed by atoms with van der Waals surface area (Å²) in [7, 11) is 0. The van der Waals surface area contributed by atoms with Crippen molar-refractivity contribution >= 4 is 11.7 Å². The molecule has 0 saturated carbocycles. The second-order valence-electron chi connectivity index (χ2n) is 4.35. The lowest BCUT2D eigenvalue weighted by Gasteiger charge is -2.22. The maximum atomic E-state index is 11.7. The average molecular weight is 224 g/mol. The molecule has 0 atom stereocenters. The van der Waals surface area contributed by atoms with Crippen molar-refractivity contribution in [1.82, 2.24) is 10.3 Å². The summed E-state index contributed by atoms with van der Waals surface area (Å²) in [6.07, 6.45) is 1.49. The van der Waals surface area contributed by atoms with Crippen LogP contribution >= 0.6 is 0 Å². The van der Waals surface area contributed by atoms with E-state index in [1.165, 1.54) is 19.2 Å². The number of nitrogens with one attached hydrogen (secondary N) is 2. The molecule has 0 fully saturated rings. The summed E-state index contributed by atoms with van der Waals surface area (Å²) in [5.74, 6) is -0.441. The molecule has 1 amide bonds. The van der Waals surface area contributed by atoms with E-state index >= 15 is 0 Å². The number of carbonyl (C=O) groups excluding carboxylic acids is 2. The van der Waals surface area contributed by atoms with Crippen LogP contribution in [0.3, 0.4) is 0 Å². The molecule has 0 aliphatic carbocycles. The summed E-state index contributed by atoms with van der Waals surface area (Å²) in [4.78, 5) is 25.4. The van der Waals surface area contributed by atoms with Gasteiger partial charge in [0.05, 0.1) is 12.1 Å². The van der Waals surface area contributed by atoms with Crippen molar-refractivity contribution < 1.29 is 14.7 Å². The van der Waals surface area contributed by atoms with Crippen LogP contribution < -0.4 is 5.32 Å². The van der Waals surface area contributed by atoms with Gasteiger partial charge < -0.3 is 15.4 Å². The molecule has 0 aromatic carbocycles. The topological polar surface area (TPSA) is 82.2 Å². The predicted octanol–water partition coefficient (Wildman–Crippen LogP) is 0.718. The number of Topliss-reactive ketones (excluding diaryl/α,β-unsaturated/α-hetero) is 1. The highest BCUT2D eigenvalue weighted by Gasteiger charge is 2.21. The monoisotopic (exact) mass is 224 g/mol. The van der Waals surface area contributed by atoms with Crippen LogP contribution in [0.15, 0.2) is 12.3 Å². The van der Waals surface area contributed by atoms with Gasteiger partial charge in [0.25, 0.3) is 5.91 Å². The van der Waals surface area contributed by atoms with Gasteiger partial charge in [-0.3, -0.25) is 9.59 Å². The Bertz CT molecular complexity index is 407. The number of ketones is 1. The fourth-order valence-corrected chi connectivity index (χ4v) is 1.14. The van der Waals surface area contributed by atoms with Crippen LogP contribution in [0.25, 0.3) is 0 Å². The normalized spacial score (nSPS) is 11.2. The number of hydrogen-bond donors (Lipinski definition) is 3. The molecule has 1 aromatic heterocycles. The lowest BCUT2D eigenvalue weighted by Crippen LogP contribution is -2.46. The molecule has 5 nitrogen and oxygen atoms in total. The number of hydrogen-bond acceptors (Lipinski definition) is 3. The molecular formula is C11H16N2O3. The molecule has 3 N–H and O–H groups in total. The van der Waals surface area contributed by atoms with Crippen LogP contribution in [-0.2, 0) is 0 Å². The Labute approximate surface area is 93.9 Å². The number of H-pyrrole nitrogens is 1. The first-order chi connectivity index (χ1) is 7.35. The third-order valence-corrected chi connectivity index (χ3v) is 2.18. The van der Waals surface area contributed by atoms with Gasteiger partial charge in [-0.2, -0.15) is 0 Å². The van der Waals surface area contributed by atoms with Crippen molar-refractivity contribution in [3.8, 4) is 0 Å². The summed E-state index contributed by atoms with van der Waals surface area (Å²) >= 11 is 0. The highest BCUT2D eigenvalue weighted by atomic mass is 16.3. The molecule has 1 heterocycles. The third-order valence-electron chi connectivity index (χ3n) is 2.18. The highest BCUT2D eigenvalue weighted by Crippen LogP contribution is 2.07. The molecule has 0 aliphatic rings. The van der Waals surface area contributed by atoms with Crippen molar-refractivity contribution in [2.75, 3.05) is 6.61 Å². The Morgan fingerprint density at radius 2 is 2.12 bits per heavy atom. The zero-order valence-corrected chi connectivity index (χ0v) is 9.63. The average Bonchev–Trinajstić information content (AvgIpc) is 2.66. The van der Waals surface area contributed by atoms with Crippen molar-refractivity contribution in [2.45, 2.75) is 26.3 Å². The quantitative estimate of drug-likeness (QED) is 0.659. The lowest BCUT2D eigenvalue weighted by atomic mass is 10.1. The van der Waals surface area contributed by atoms with E-state index in [1.54, 1.807) is 13.8 Å². The molecule has 16 heavy (non-hydrogen) atoms. The van der Waals surface area contributed by atoms with E-state index in [0.717, 1.165) is 0 Å². The van der Waals surface area contributed by atoms with Crippen LogP contribution in [0.2, 0.25) is 0 Å². The number of aliphatic hydroxyl groups is 1. The zero-order chi connectivity index (χ0) is 12.3. The Hall–Kier alpha value is -1.62. The molecule has 0 aliphatic heterocycles. The number of amides is 1. The van der Waals surface area contributed by atoms with Crippen LogP contribution in [0.1, 0.15) is 41.6 Å². The van der Waals surface area contributed by atoms with Gasteiger partial charge >= 0.3 is 0 Å². The van der Waals surface area contributed by atoms with E-state index in [9.17, 15) is 9.59 Å². The van der Waals surface area contributed by atoms with E-state index < -0.39 is 5.54 Å². The number of aromatic amines is 1. The number of rotatable bonds is 4. The summed E-state index contributed by atoms with van der Waals surface area (Å²) in [6.45, 7) is 4.70. The second-order valence-corrected chi connectivity index (χ2v) is 4.35. The van der Waals surface area contributed by atoms with E-state index in [2.05, 4.69) is 10.3 Å². The Kier molecular flexibility index (Phi) is 3.49. The Morgan fingerprint density at radius 3 is 2.56 bits per heavy atom. The second kappa shape index (κ2) is 4.49. The molecule has 0 radical (unpaired) electrons. The van der Waals surface area contributed by atoms with Crippen molar-refractivity contribution in [1.29, 1.82) is 0 Å². The number of aromatic nitrogens is 1. The van der Waals surface area contributed by atoms with Crippen LogP contribution in [0.4, 0.5) is 0 Å². The Morgan fingerprint density at radius 1 is 1.50 bits per heavy atom. The molecule has 88 valence electrons. The van der Waals surface area contributed by atoms with Gasteiger partial charge in [0.1, 0.15) is 5.69 Å². The third kappa shape index (κ3) is 2.93. The van der Waals surface area contributed by atoms with Gasteiger partial charge in [0.15, 0.2) is 5.78 Å². The number of carbonyl (C=O) groups is 2. The van der Waals surface area contributed by atoms with Crippen molar-refractivity contribution in [2.24, 2.45) is 0 Å². The summed E-state index contributed by atoms with van der Waals surface area (Å²) in [6, 6.07) is 1.49. The minimum atomic E-state index is -0.682. The standard InChI is InChI=1S/C11H16N2O3/c1-7(15)8-4-9(12-5-8)10(16)13-11(2,3)6-14/h4-5,12,14H,6H2,1-3H3,(H,13,16). The molecule has 1 rings (SSSR count). The van der Waals surface area contributed by atoms with E-state index in [-0.39, 0.29) is 18.3 Å². The first kappa shape index (κ1) is 12.4.